The van der Waals surface area contributed by atoms with Gasteiger partial charge in [-0.15, -0.1) is 0 Å². The molecular formula is C12H10FN3O. The second kappa shape index (κ2) is 4.69. The first-order valence-corrected chi connectivity index (χ1v) is 5.02. The van der Waals surface area contributed by atoms with Crippen molar-refractivity contribution in [2.45, 2.75) is 6.92 Å². The van der Waals surface area contributed by atoms with Crippen LogP contribution in [0.4, 0.5) is 10.2 Å². The lowest BCUT2D eigenvalue weighted by Crippen LogP contribution is -2.15. The van der Waals surface area contributed by atoms with E-state index in [0.717, 1.165) is 5.56 Å². The highest BCUT2D eigenvalue weighted by Gasteiger charge is 2.10. The van der Waals surface area contributed by atoms with Crippen LogP contribution in [0.15, 0.2) is 36.5 Å². The van der Waals surface area contributed by atoms with Crippen molar-refractivity contribution in [2.75, 3.05) is 5.32 Å². The van der Waals surface area contributed by atoms with Gasteiger partial charge in [0.25, 0.3) is 5.91 Å². The first-order valence-electron chi connectivity index (χ1n) is 5.02. The summed E-state index contributed by atoms with van der Waals surface area (Å²) < 4.78 is 12.8. The van der Waals surface area contributed by atoms with E-state index < -0.39 is 11.9 Å². The fourth-order valence-corrected chi connectivity index (χ4v) is 1.32. The number of anilines is 1. The molecule has 2 aromatic heterocycles. The van der Waals surface area contributed by atoms with Crippen LogP contribution >= 0.6 is 0 Å². The van der Waals surface area contributed by atoms with E-state index in [1.807, 2.05) is 13.0 Å². The number of amides is 1. The molecule has 5 heteroatoms. The lowest BCUT2D eigenvalue weighted by atomic mass is 10.3. The summed E-state index contributed by atoms with van der Waals surface area (Å²) in [6.45, 7) is 1.82. The number of carbonyl (C=O) groups is 1. The van der Waals surface area contributed by atoms with Crippen LogP contribution < -0.4 is 5.32 Å². The molecule has 86 valence electrons. The molecule has 0 aliphatic rings. The van der Waals surface area contributed by atoms with Gasteiger partial charge in [0.2, 0.25) is 5.95 Å². The van der Waals surface area contributed by atoms with Gasteiger partial charge in [0.15, 0.2) is 0 Å². The zero-order chi connectivity index (χ0) is 12.3. The van der Waals surface area contributed by atoms with Gasteiger partial charge in [0.05, 0.1) is 0 Å². The molecule has 0 unspecified atom stereocenters. The molecule has 0 radical (unpaired) electrons. The molecule has 4 nitrogen and oxygen atoms in total. The van der Waals surface area contributed by atoms with Gasteiger partial charge >= 0.3 is 0 Å². The summed E-state index contributed by atoms with van der Waals surface area (Å²) in [5.41, 5.74) is 0.854. The molecule has 0 saturated heterocycles. The molecule has 0 aliphatic heterocycles. The Balaban J connectivity index is 2.20. The average Bonchev–Trinajstić information content (AvgIpc) is 2.32. The number of nitrogens with one attached hydrogen (secondary N) is 1. The predicted molar refractivity (Wildman–Crippen MR) is 61.1 cm³/mol. The molecule has 1 N–H and O–H groups in total. The lowest BCUT2D eigenvalue weighted by Gasteiger charge is -2.05. The third-order valence-corrected chi connectivity index (χ3v) is 2.19. The quantitative estimate of drug-likeness (QED) is 0.806. The van der Waals surface area contributed by atoms with Crippen molar-refractivity contribution in [2.24, 2.45) is 0 Å². The number of pyridine rings is 2. The van der Waals surface area contributed by atoms with E-state index in [-0.39, 0.29) is 5.69 Å². The van der Waals surface area contributed by atoms with E-state index in [1.54, 1.807) is 12.3 Å². The SMILES string of the molecule is Cc1cccnc1NC(=O)c1cccc(F)n1. The molecule has 0 saturated carbocycles. The highest BCUT2D eigenvalue weighted by molar-refractivity contribution is 6.02. The number of carbonyl (C=O) groups excluding carboxylic acids is 1. The van der Waals surface area contributed by atoms with Gasteiger partial charge in [0, 0.05) is 6.20 Å². The van der Waals surface area contributed by atoms with E-state index in [9.17, 15) is 9.18 Å². The molecule has 17 heavy (non-hydrogen) atoms. The van der Waals surface area contributed by atoms with Crippen LogP contribution in [-0.2, 0) is 0 Å². The highest BCUT2D eigenvalue weighted by atomic mass is 19.1. The summed E-state index contributed by atoms with van der Waals surface area (Å²) in [5, 5.41) is 2.57. The fourth-order valence-electron chi connectivity index (χ4n) is 1.32. The van der Waals surface area contributed by atoms with E-state index in [2.05, 4.69) is 15.3 Å². The first kappa shape index (κ1) is 11.2. The molecule has 0 bridgehead atoms. The Labute approximate surface area is 97.5 Å². The zero-order valence-electron chi connectivity index (χ0n) is 9.14. The van der Waals surface area contributed by atoms with Crippen LogP contribution in [0.3, 0.4) is 0 Å². The molecular weight excluding hydrogens is 221 g/mol. The first-order chi connectivity index (χ1) is 8.16. The number of rotatable bonds is 2. The van der Waals surface area contributed by atoms with Crippen LogP contribution in [0.2, 0.25) is 0 Å². The van der Waals surface area contributed by atoms with E-state index in [4.69, 9.17) is 0 Å². The van der Waals surface area contributed by atoms with Crippen LogP contribution in [0, 0.1) is 12.9 Å². The van der Waals surface area contributed by atoms with Gasteiger partial charge in [-0.25, -0.2) is 9.97 Å². The van der Waals surface area contributed by atoms with Gasteiger partial charge in [-0.05, 0) is 30.7 Å². The molecule has 2 rings (SSSR count). The summed E-state index contributed by atoms with van der Waals surface area (Å²) in [4.78, 5) is 19.2. The molecule has 0 spiro atoms. The third-order valence-electron chi connectivity index (χ3n) is 2.19. The summed E-state index contributed by atoms with van der Waals surface area (Å²) in [7, 11) is 0. The summed E-state index contributed by atoms with van der Waals surface area (Å²) >= 11 is 0. The van der Waals surface area contributed by atoms with Gasteiger partial charge in [0.1, 0.15) is 11.5 Å². The zero-order valence-corrected chi connectivity index (χ0v) is 9.14. The smallest absolute Gasteiger partial charge is 0.275 e. The molecule has 0 fully saturated rings. The Morgan fingerprint density at radius 3 is 2.82 bits per heavy atom. The topological polar surface area (TPSA) is 54.9 Å². The lowest BCUT2D eigenvalue weighted by molar-refractivity contribution is 0.102. The van der Waals surface area contributed by atoms with Crippen molar-refractivity contribution in [3.8, 4) is 0 Å². The largest absolute Gasteiger partial charge is 0.305 e. The van der Waals surface area contributed by atoms with Gasteiger partial charge in [-0.2, -0.15) is 4.39 Å². The maximum absolute atomic E-state index is 12.8. The Kier molecular flexibility index (Phi) is 3.09. The normalized spacial score (nSPS) is 10.0. The van der Waals surface area contributed by atoms with Crippen molar-refractivity contribution >= 4 is 11.7 Å². The van der Waals surface area contributed by atoms with Crippen LogP contribution in [0.1, 0.15) is 16.1 Å². The van der Waals surface area contributed by atoms with Crippen molar-refractivity contribution < 1.29 is 9.18 Å². The van der Waals surface area contributed by atoms with E-state index in [1.165, 1.54) is 18.2 Å². The third kappa shape index (κ3) is 2.63. The standard InChI is InChI=1S/C12H10FN3O/c1-8-4-3-7-14-11(8)16-12(17)9-5-2-6-10(13)15-9/h2-7H,1H3,(H,14,16,17). The van der Waals surface area contributed by atoms with Crippen LogP contribution in [0.5, 0.6) is 0 Å². The molecule has 0 aliphatic carbocycles. The second-order valence-corrected chi connectivity index (χ2v) is 3.47. The van der Waals surface area contributed by atoms with E-state index in [0.29, 0.717) is 5.82 Å². The van der Waals surface area contributed by atoms with Crippen molar-refractivity contribution in [1.82, 2.24) is 9.97 Å². The van der Waals surface area contributed by atoms with Crippen molar-refractivity contribution in [3.05, 3.63) is 53.7 Å². The number of hydrogen-bond donors (Lipinski definition) is 1. The Morgan fingerprint density at radius 2 is 2.12 bits per heavy atom. The Bertz CT molecular complexity index is 557. The monoisotopic (exact) mass is 231 g/mol. The highest BCUT2D eigenvalue weighted by Crippen LogP contribution is 2.10. The maximum atomic E-state index is 12.8. The van der Waals surface area contributed by atoms with Crippen LogP contribution in [-0.4, -0.2) is 15.9 Å². The predicted octanol–water partition coefficient (Wildman–Crippen LogP) is 2.18. The summed E-state index contributed by atoms with van der Waals surface area (Å²) in [6.07, 6.45) is 1.57. The molecule has 1 amide bonds. The van der Waals surface area contributed by atoms with Gasteiger partial charge in [-0.1, -0.05) is 12.1 Å². The summed E-state index contributed by atoms with van der Waals surface area (Å²) in [6, 6.07) is 7.65. The van der Waals surface area contributed by atoms with Gasteiger partial charge in [-0.3, -0.25) is 4.79 Å². The average molecular weight is 231 g/mol. The minimum Gasteiger partial charge on any atom is -0.305 e. The summed E-state index contributed by atoms with van der Waals surface area (Å²) in [5.74, 6) is -0.717. The molecule has 2 heterocycles. The maximum Gasteiger partial charge on any atom is 0.275 e. The number of nitrogens with zero attached hydrogens (tertiary/aromatic N) is 2. The number of halogens is 1. The van der Waals surface area contributed by atoms with Crippen molar-refractivity contribution in [3.63, 3.8) is 0 Å². The molecule has 0 atom stereocenters. The number of aromatic nitrogens is 2. The minimum atomic E-state index is -0.685. The molecule has 2 aromatic rings. The molecule has 0 aromatic carbocycles. The number of aryl methyl sites for hydroxylation is 1. The van der Waals surface area contributed by atoms with Crippen molar-refractivity contribution in [1.29, 1.82) is 0 Å². The number of hydrogen-bond acceptors (Lipinski definition) is 3. The van der Waals surface area contributed by atoms with Gasteiger partial charge < -0.3 is 5.32 Å². The Morgan fingerprint density at radius 1 is 1.29 bits per heavy atom. The Hall–Kier alpha value is -2.30. The van der Waals surface area contributed by atoms with E-state index >= 15 is 0 Å². The second-order valence-electron chi connectivity index (χ2n) is 3.47. The van der Waals surface area contributed by atoms with Crippen LogP contribution in [0.25, 0.3) is 0 Å². The fraction of sp³-hybridized carbons (Fsp3) is 0.0833. The minimum absolute atomic E-state index is 0.0232.